The Morgan fingerprint density at radius 3 is 2.16 bits per heavy atom. The fourth-order valence-corrected chi connectivity index (χ4v) is 11.6. The van der Waals surface area contributed by atoms with Crippen LogP contribution in [0.3, 0.4) is 0 Å². The Morgan fingerprint density at radius 2 is 1.45 bits per heavy atom. The number of carbonyl (C=O) groups is 4. The van der Waals surface area contributed by atoms with Crippen LogP contribution in [0, 0.1) is 0 Å². The number of piperazine rings is 1. The fourth-order valence-electron chi connectivity index (χ4n) is 11.6. The first-order chi connectivity index (χ1) is 35.3. The molecule has 0 radical (unpaired) electrons. The highest BCUT2D eigenvalue weighted by Crippen LogP contribution is 2.46. The molecule has 0 bridgehead atoms. The van der Waals surface area contributed by atoms with E-state index in [0.29, 0.717) is 43.5 Å². The van der Waals surface area contributed by atoms with E-state index in [9.17, 15) is 24.0 Å². The van der Waals surface area contributed by atoms with Gasteiger partial charge in [0.1, 0.15) is 11.9 Å². The molecule has 11 rings (SSSR count). The van der Waals surface area contributed by atoms with Gasteiger partial charge in [0, 0.05) is 107 Å². The maximum absolute atomic E-state index is 13.9. The molecule has 376 valence electrons. The summed E-state index contributed by atoms with van der Waals surface area (Å²) >= 11 is 0. The number of hydrogen-bond donors (Lipinski definition) is 1. The van der Waals surface area contributed by atoms with Crippen molar-refractivity contribution >= 4 is 52.3 Å². The molecule has 4 fully saturated rings. The largest absolute Gasteiger partial charge is 0.467 e. The molecule has 3 aromatic heterocycles. The Labute approximate surface area is 423 Å². The van der Waals surface area contributed by atoms with Crippen molar-refractivity contribution in [2.45, 2.75) is 70.4 Å². The first-order valence-electron chi connectivity index (χ1n) is 25.3. The van der Waals surface area contributed by atoms with Crippen molar-refractivity contribution < 1.29 is 23.9 Å². The van der Waals surface area contributed by atoms with Gasteiger partial charge >= 0.3 is 17.7 Å². The number of carbonyl (C=O) groups excluding carboxylic acids is 4. The van der Waals surface area contributed by atoms with Gasteiger partial charge in [-0.05, 0) is 128 Å². The molecule has 6 aromatic rings. The van der Waals surface area contributed by atoms with Crippen molar-refractivity contribution in [2.24, 2.45) is 7.05 Å². The number of aromatic nitrogens is 5. The second-order valence-electron chi connectivity index (χ2n) is 20.0. The number of nitrogens with one attached hydrogen (secondary N) is 1. The van der Waals surface area contributed by atoms with E-state index in [1.807, 2.05) is 56.3 Å². The van der Waals surface area contributed by atoms with Crippen LogP contribution in [0.4, 0.5) is 33.4 Å². The minimum absolute atomic E-state index is 0.113. The Morgan fingerprint density at radius 1 is 0.726 bits per heavy atom. The maximum atomic E-state index is 13.9. The summed E-state index contributed by atoms with van der Waals surface area (Å²) in [5.74, 6) is -0.196. The zero-order valence-electron chi connectivity index (χ0n) is 42.0. The van der Waals surface area contributed by atoms with Gasteiger partial charge in [-0.1, -0.05) is 25.1 Å². The Bertz CT molecular complexity index is 3190. The molecule has 0 aliphatic carbocycles. The van der Waals surface area contributed by atoms with Gasteiger partial charge in [-0.25, -0.2) is 23.8 Å². The Kier molecular flexibility index (Phi) is 12.3. The van der Waals surface area contributed by atoms with Gasteiger partial charge in [0.05, 0.1) is 30.1 Å². The third kappa shape index (κ3) is 8.36. The molecule has 18 heteroatoms. The van der Waals surface area contributed by atoms with Crippen LogP contribution in [0.1, 0.15) is 57.6 Å². The molecule has 5 amide bonds. The van der Waals surface area contributed by atoms with Crippen molar-refractivity contribution in [3.8, 4) is 34.0 Å². The van der Waals surface area contributed by atoms with Gasteiger partial charge in [-0.2, -0.15) is 0 Å². The molecule has 5 aliphatic heterocycles. The topological polar surface area (TPSA) is 175 Å². The summed E-state index contributed by atoms with van der Waals surface area (Å²) in [6, 6.07) is 26.3. The molecule has 1 unspecified atom stereocenters. The number of nitrogens with zero attached hydrogens (tertiary/aromatic N) is 11. The predicted octanol–water partition coefficient (Wildman–Crippen LogP) is 5.93. The van der Waals surface area contributed by atoms with Gasteiger partial charge < -0.3 is 14.5 Å². The van der Waals surface area contributed by atoms with Gasteiger partial charge in [0.2, 0.25) is 17.7 Å². The summed E-state index contributed by atoms with van der Waals surface area (Å²) in [5, 5.41) is 6.73. The number of amides is 5. The summed E-state index contributed by atoms with van der Waals surface area (Å²) in [5.41, 5.74) is 8.84. The van der Waals surface area contributed by atoms with Crippen LogP contribution in [-0.2, 0) is 33.3 Å². The first-order valence-corrected chi connectivity index (χ1v) is 25.3. The minimum atomic E-state index is -0.790. The average molecular weight is 985 g/mol. The van der Waals surface area contributed by atoms with E-state index < -0.39 is 17.4 Å². The molecular weight excluding hydrogens is 925 g/mol. The van der Waals surface area contributed by atoms with E-state index in [4.69, 9.17) is 9.72 Å². The van der Waals surface area contributed by atoms with Crippen LogP contribution in [-0.4, -0.2) is 125 Å². The molecular formula is C55H60N12O6. The molecule has 18 nitrogen and oxygen atoms in total. The number of aryl methyl sites for hydroxylation is 1. The molecule has 4 saturated heterocycles. The highest BCUT2D eigenvalue weighted by Gasteiger charge is 2.49. The molecule has 0 saturated carbocycles. The SMILES string of the molecule is CCc1c(-c2ccc(-n3c(OC)nn(C)c3=O)cc2-c2ccc(N3CCN(C4CCN(c5ccc6c(c5)C(C)(C)C(=O)N6C5CCC(=O)NC5=O)CC4)CC3)cc2)ccnc1N1CCN(c2cccnc2)C1=O. The van der Waals surface area contributed by atoms with Crippen LogP contribution in [0.15, 0.2) is 102 Å². The third-order valence-electron chi connectivity index (χ3n) is 15.6. The summed E-state index contributed by atoms with van der Waals surface area (Å²) in [6.45, 7) is 12.4. The first kappa shape index (κ1) is 47.5. The lowest BCUT2D eigenvalue weighted by Crippen LogP contribution is -2.55. The fraction of sp³-hybridized carbons (Fsp3) is 0.382. The summed E-state index contributed by atoms with van der Waals surface area (Å²) in [7, 11) is 3.10. The quantitative estimate of drug-likeness (QED) is 0.152. The van der Waals surface area contributed by atoms with E-state index in [0.717, 1.165) is 108 Å². The number of hydrogen-bond acceptors (Lipinski definition) is 12. The van der Waals surface area contributed by atoms with Crippen molar-refractivity contribution in [1.82, 2.24) is 34.5 Å². The van der Waals surface area contributed by atoms with Crippen molar-refractivity contribution in [3.05, 3.63) is 119 Å². The van der Waals surface area contributed by atoms with Gasteiger partial charge in [-0.3, -0.25) is 44.3 Å². The number of fused-ring (bicyclic) bond motifs is 1. The number of methoxy groups -OCH3 is 1. The molecule has 1 atom stereocenters. The van der Waals surface area contributed by atoms with E-state index in [2.05, 4.69) is 73.4 Å². The summed E-state index contributed by atoms with van der Waals surface area (Å²) in [4.78, 5) is 87.5. The number of piperidine rings is 2. The van der Waals surface area contributed by atoms with E-state index in [-0.39, 0.29) is 36.0 Å². The zero-order chi connectivity index (χ0) is 50.7. The van der Waals surface area contributed by atoms with Crippen molar-refractivity contribution in [1.29, 1.82) is 0 Å². The number of ether oxygens (including phenoxy) is 1. The predicted molar refractivity (Wildman–Crippen MR) is 280 cm³/mol. The van der Waals surface area contributed by atoms with E-state index >= 15 is 0 Å². The van der Waals surface area contributed by atoms with E-state index in [1.54, 1.807) is 40.3 Å². The molecule has 8 heterocycles. The average Bonchev–Trinajstić information content (AvgIpc) is 4.01. The second-order valence-corrected chi connectivity index (χ2v) is 20.0. The number of urea groups is 1. The molecule has 73 heavy (non-hydrogen) atoms. The maximum Gasteiger partial charge on any atom is 0.353 e. The molecule has 5 aliphatic rings. The molecule has 0 spiro atoms. The van der Waals surface area contributed by atoms with Crippen LogP contribution >= 0.6 is 0 Å². The Balaban J connectivity index is 0.795. The monoisotopic (exact) mass is 984 g/mol. The second kappa shape index (κ2) is 19.0. The van der Waals surface area contributed by atoms with Crippen LogP contribution < -0.4 is 40.2 Å². The van der Waals surface area contributed by atoms with Crippen LogP contribution in [0.25, 0.3) is 27.9 Å². The number of anilines is 5. The zero-order valence-corrected chi connectivity index (χ0v) is 42.0. The minimum Gasteiger partial charge on any atom is -0.467 e. The van der Waals surface area contributed by atoms with Crippen molar-refractivity contribution in [3.63, 3.8) is 0 Å². The molecule has 3 aromatic carbocycles. The third-order valence-corrected chi connectivity index (χ3v) is 15.6. The highest BCUT2D eigenvalue weighted by atomic mass is 16.5. The van der Waals surface area contributed by atoms with Gasteiger partial charge in [0.15, 0.2) is 0 Å². The van der Waals surface area contributed by atoms with Gasteiger partial charge in [-0.15, -0.1) is 5.10 Å². The van der Waals surface area contributed by atoms with E-state index in [1.165, 1.54) is 16.4 Å². The van der Waals surface area contributed by atoms with Crippen LogP contribution in [0.5, 0.6) is 6.01 Å². The lowest BCUT2D eigenvalue weighted by atomic mass is 9.85. The van der Waals surface area contributed by atoms with Crippen molar-refractivity contribution in [2.75, 3.05) is 84.0 Å². The van der Waals surface area contributed by atoms with Crippen LogP contribution in [0.2, 0.25) is 0 Å². The summed E-state index contributed by atoms with van der Waals surface area (Å²) < 4.78 is 8.29. The van der Waals surface area contributed by atoms with Gasteiger partial charge in [0.25, 0.3) is 0 Å². The summed E-state index contributed by atoms with van der Waals surface area (Å²) in [6.07, 6.45) is 8.39. The Hall–Kier alpha value is -7.86. The molecule has 1 N–H and O–H groups in total. The number of benzene rings is 3. The number of rotatable bonds is 11. The standard InChI is InChI=1S/C55H60N12O6/c1-6-41-43(19-23-57-49(41)65-31-30-64(54(65)72)40-8-7-22-56-34-40)42-15-13-39(66-52(73-5)59-60(4)53(66)71)32-44(42)35-9-11-36(12-10-35)62-26-28-63(29-27-62)37-20-24-61(25-21-37)38-14-16-46-45(33-38)55(2,3)51(70)67(46)47-17-18-48(68)58-50(47)69/h7-16,19,22-23,32-34,37,47H,6,17-18,20-21,24-31H2,1-5H3,(H,58,68,69). The smallest absolute Gasteiger partial charge is 0.353 e. The number of pyridine rings is 2. The lowest BCUT2D eigenvalue weighted by molar-refractivity contribution is -0.136. The number of imide groups is 1. The lowest BCUT2D eigenvalue weighted by Gasteiger charge is -2.44. The highest BCUT2D eigenvalue weighted by molar-refractivity contribution is 6.14. The normalized spacial score (nSPS) is 19.5.